The summed E-state index contributed by atoms with van der Waals surface area (Å²) in [5.74, 6) is -0.414. The standard InChI is InChI=1S/C8H12N2O2/c1-6(5-9)10-7(11)8(12)3-2-4-8/h6,12H,2-4H2,1H3,(H,10,11). The maximum absolute atomic E-state index is 11.2. The summed E-state index contributed by atoms with van der Waals surface area (Å²) in [5, 5.41) is 20.3. The molecule has 12 heavy (non-hydrogen) atoms. The fraction of sp³-hybridized carbons (Fsp3) is 0.750. The van der Waals surface area contributed by atoms with Crippen molar-refractivity contribution >= 4 is 5.91 Å². The molecule has 66 valence electrons. The molecule has 0 saturated heterocycles. The van der Waals surface area contributed by atoms with Crippen molar-refractivity contribution in [1.82, 2.24) is 5.32 Å². The van der Waals surface area contributed by atoms with Gasteiger partial charge < -0.3 is 10.4 Å². The van der Waals surface area contributed by atoms with Crippen molar-refractivity contribution in [2.75, 3.05) is 0 Å². The molecule has 1 fully saturated rings. The van der Waals surface area contributed by atoms with E-state index in [0.29, 0.717) is 12.8 Å². The van der Waals surface area contributed by atoms with Crippen molar-refractivity contribution in [3.8, 4) is 6.07 Å². The molecule has 0 heterocycles. The molecule has 1 saturated carbocycles. The first kappa shape index (κ1) is 9.01. The first-order valence-electron chi connectivity index (χ1n) is 4.01. The van der Waals surface area contributed by atoms with Crippen LogP contribution < -0.4 is 5.32 Å². The van der Waals surface area contributed by atoms with Crippen molar-refractivity contribution in [3.05, 3.63) is 0 Å². The Morgan fingerprint density at radius 2 is 2.33 bits per heavy atom. The predicted molar refractivity (Wildman–Crippen MR) is 42.0 cm³/mol. The number of hydrogen-bond acceptors (Lipinski definition) is 3. The highest BCUT2D eigenvalue weighted by atomic mass is 16.3. The highest BCUT2D eigenvalue weighted by Gasteiger charge is 2.42. The molecule has 1 amide bonds. The molecule has 0 aromatic rings. The Morgan fingerprint density at radius 1 is 1.75 bits per heavy atom. The number of nitriles is 1. The van der Waals surface area contributed by atoms with E-state index in [1.807, 2.05) is 6.07 Å². The van der Waals surface area contributed by atoms with Gasteiger partial charge in [0.2, 0.25) is 0 Å². The van der Waals surface area contributed by atoms with Crippen LogP contribution in [0.1, 0.15) is 26.2 Å². The Labute approximate surface area is 71.2 Å². The fourth-order valence-electron chi connectivity index (χ4n) is 1.10. The first-order valence-corrected chi connectivity index (χ1v) is 4.01. The van der Waals surface area contributed by atoms with Crippen LogP contribution in [0, 0.1) is 11.3 Å². The minimum Gasteiger partial charge on any atom is -0.380 e. The van der Waals surface area contributed by atoms with Crippen LogP contribution in [0.3, 0.4) is 0 Å². The molecule has 0 aliphatic heterocycles. The topological polar surface area (TPSA) is 73.1 Å². The quantitative estimate of drug-likeness (QED) is 0.606. The molecule has 2 N–H and O–H groups in total. The fourth-order valence-corrected chi connectivity index (χ4v) is 1.10. The summed E-state index contributed by atoms with van der Waals surface area (Å²) in [6, 6.07) is 1.35. The average molecular weight is 168 g/mol. The third-order valence-corrected chi connectivity index (χ3v) is 2.14. The zero-order valence-electron chi connectivity index (χ0n) is 7.00. The lowest BCUT2D eigenvalue weighted by Gasteiger charge is -2.35. The van der Waals surface area contributed by atoms with Gasteiger partial charge in [-0.15, -0.1) is 0 Å². The van der Waals surface area contributed by atoms with Gasteiger partial charge in [0.1, 0.15) is 11.6 Å². The lowest BCUT2D eigenvalue weighted by molar-refractivity contribution is -0.148. The maximum Gasteiger partial charge on any atom is 0.252 e. The van der Waals surface area contributed by atoms with Gasteiger partial charge >= 0.3 is 0 Å². The number of nitrogens with zero attached hydrogens (tertiary/aromatic N) is 1. The van der Waals surface area contributed by atoms with Gasteiger partial charge in [-0.2, -0.15) is 5.26 Å². The van der Waals surface area contributed by atoms with Gasteiger partial charge in [-0.05, 0) is 26.2 Å². The molecule has 0 aromatic heterocycles. The number of hydrogen-bond donors (Lipinski definition) is 2. The van der Waals surface area contributed by atoms with E-state index in [-0.39, 0.29) is 0 Å². The zero-order chi connectivity index (χ0) is 9.19. The van der Waals surface area contributed by atoms with Gasteiger partial charge in [0.25, 0.3) is 5.91 Å². The Balaban J connectivity index is 2.44. The summed E-state index contributed by atoms with van der Waals surface area (Å²) in [4.78, 5) is 11.2. The summed E-state index contributed by atoms with van der Waals surface area (Å²) in [7, 11) is 0. The monoisotopic (exact) mass is 168 g/mol. The first-order chi connectivity index (χ1) is 5.58. The molecule has 1 aliphatic rings. The molecule has 1 aliphatic carbocycles. The number of aliphatic hydroxyl groups is 1. The predicted octanol–water partition coefficient (Wildman–Crippen LogP) is -0.0703. The summed E-state index contributed by atoms with van der Waals surface area (Å²) >= 11 is 0. The molecule has 0 spiro atoms. The highest BCUT2D eigenvalue weighted by molar-refractivity contribution is 5.86. The van der Waals surface area contributed by atoms with Gasteiger partial charge in [0, 0.05) is 0 Å². The number of carbonyl (C=O) groups is 1. The molecule has 0 bridgehead atoms. The minimum absolute atomic E-state index is 0.414. The highest BCUT2D eigenvalue weighted by Crippen LogP contribution is 2.31. The van der Waals surface area contributed by atoms with Crippen LogP contribution in [0.4, 0.5) is 0 Å². The van der Waals surface area contributed by atoms with Crippen molar-refractivity contribution in [2.45, 2.75) is 37.8 Å². The summed E-state index contributed by atoms with van der Waals surface area (Å²) in [5.41, 5.74) is -1.19. The Hall–Kier alpha value is -1.08. The van der Waals surface area contributed by atoms with Gasteiger partial charge in [0.05, 0.1) is 6.07 Å². The largest absolute Gasteiger partial charge is 0.380 e. The van der Waals surface area contributed by atoms with Crippen LogP contribution in [-0.4, -0.2) is 22.7 Å². The lowest BCUT2D eigenvalue weighted by atomic mass is 9.79. The van der Waals surface area contributed by atoms with E-state index in [1.165, 1.54) is 0 Å². The Morgan fingerprint density at radius 3 is 2.67 bits per heavy atom. The van der Waals surface area contributed by atoms with Crippen molar-refractivity contribution in [3.63, 3.8) is 0 Å². The van der Waals surface area contributed by atoms with Crippen LogP contribution >= 0.6 is 0 Å². The zero-order valence-corrected chi connectivity index (χ0v) is 7.00. The second-order valence-corrected chi connectivity index (χ2v) is 3.21. The van der Waals surface area contributed by atoms with Crippen LogP contribution in [0.15, 0.2) is 0 Å². The number of rotatable bonds is 2. The molecule has 4 nitrogen and oxygen atoms in total. The van der Waals surface area contributed by atoms with E-state index in [2.05, 4.69) is 5.32 Å². The van der Waals surface area contributed by atoms with Gasteiger partial charge in [0.15, 0.2) is 0 Å². The van der Waals surface area contributed by atoms with E-state index in [9.17, 15) is 9.90 Å². The average Bonchev–Trinajstić information content (AvgIpc) is 1.99. The van der Waals surface area contributed by atoms with Crippen molar-refractivity contribution in [1.29, 1.82) is 5.26 Å². The van der Waals surface area contributed by atoms with E-state index < -0.39 is 17.6 Å². The van der Waals surface area contributed by atoms with Crippen LogP contribution in [0.25, 0.3) is 0 Å². The van der Waals surface area contributed by atoms with E-state index in [4.69, 9.17) is 5.26 Å². The smallest absolute Gasteiger partial charge is 0.252 e. The van der Waals surface area contributed by atoms with Crippen molar-refractivity contribution < 1.29 is 9.90 Å². The summed E-state index contributed by atoms with van der Waals surface area (Å²) in [6.45, 7) is 1.58. The number of nitrogens with one attached hydrogen (secondary N) is 1. The Kier molecular flexibility index (Phi) is 2.34. The Bertz CT molecular complexity index is 228. The molecule has 1 rings (SSSR count). The van der Waals surface area contributed by atoms with E-state index >= 15 is 0 Å². The molecule has 4 heteroatoms. The van der Waals surface area contributed by atoms with Crippen LogP contribution in [-0.2, 0) is 4.79 Å². The van der Waals surface area contributed by atoms with Gasteiger partial charge in [-0.3, -0.25) is 4.79 Å². The number of amides is 1. The molecular weight excluding hydrogens is 156 g/mol. The van der Waals surface area contributed by atoms with E-state index in [0.717, 1.165) is 6.42 Å². The molecule has 0 aromatic carbocycles. The van der Waals surface area contributed by atoms with Crippen LogP contribution in [0.2, 0.25) is 0 Å². The molecule has 0 radical (unpaired) electrons. The minimum atomic E-state index is -1.19. The van der Waals surface area contributed by atoms with Crippen LogP contribution in [0.5, 0.6) is 0 Å². The molecule has 1 unspecified atom stereocenters. The summed E-state index contributed by atoms with van der Waals surface area (Å²) < 4.78 is 0. The third-order valence-electron chi connectivity index (χ3n) is 2.14. The molecule has 1 atom stereocenters. The second kappa shape index (κ2) is 3.11. The third kappa shape index (κ3) is 1.56. The normalized spacial score (nSPS) is 21.8. The number of carbonyl (C=O) groups excluding carboxylic acids is 1. The second-order valence-electron chi connectivity index (χ2n) is 3.21. The van der Waals surface area contributed by atoms with Gasteiger partial charge in [-0.1, -0.05) is 0 Å². The van der Waals surface area contributed by atoms with Gasteiger partial charge in [-0.25, -0.2) is 0 Å². The molecular formula is C8H12N2O2. The SMILES string of the molecule is CC(C#N)NC(=O)C1(O)CCC1. The lowest BCUT2D eigenvalue weighted by Crippen LogP contribution is -2.53. The summed E-state index contributed by atoms with van der Waals surface area (Å²) in [6.07, 6.45) is 1.90. The maximum atomic E-state index is 11.2. The van der Waals surface area contributed by atoms with Crippen molar-refractivity contribution in [2.24, 2.45) is 0 Å². The van der Waals surface area contributed by atoms with E-state index in [1.54, 1.807) is 6.92 Å².